The van der Waals surface area contributed by atoms with Crippen LogP contribution in [0, 0.1) is 5.82 Å². The molecule has 98 valence electrons. The molecule has 0 radical (unpaired) electrons. The summed E-state index contributed by atoms with van der Waals surface area (Å²) in [6.45, 7) is 0. The van der Waals surface area contributed by atoms with E-state index in [0.29, 0.717) is 10.6 Å². The summed E-state index contributed by atoms with van der Waals surface area (Å²) >= 11 is 5.68. The first-order chi connectivity index (χ1) is 8.97. The molecule has 0 unspecified atom stereocenters. The van der Waals surface area contributed by atoms with E-state index in [4.69, 9.17) is 11.6 Å². The average molecular weight is 298 g/mol. The molecule has 0 N–H and O–H groups in total. The van der Waals surface area contributed by atoms with Gasteiger partial charge in [0, 0.05) is 11.2 Å². The molecule has 2 aromatic rings. The fraction of sp³-hybridized carbons (Fsp3) is 0. The lowest BCUT2D eigenvalue weighted by atomic mass is 10.2. The van der Waals surface area contributed by atoms with Gasteiger partial charge in [-0.05, 0) is 42.0 Å². The molecular weight excluding hydrogens is 289 g/mol. The van der Waals surface area contributed by atoms with Gasteiger partial charge in [-0.15, -0.1) is 0 Å². The van der Waals surface area contributed by atoms with Gasteiger partial charge in [0.1, 0.15) is 5.82 Å². The van der Waals surface area contributed by atoms with Crippen LogP contribution in [0.15, 0.2) is 57.8 Å². The largest absolute Gasteiger partial charge is 0.282 e. The van der Waals surface area contributed by atoms with Gasteiger partial charge in [-0.2, -0.15) is 12.8 Å². The Morgan fingerprint density at radius 3 is 2.42 bits per heavy atom. The van der Waals surface area contributed by atoms with Crippen LogP contribution in [0.5, 0.6) is 0 Å². The van der Waals surface area contributed by atoms with Crippen molar-refractivity contribution in [3.63, 3.8) is 0 Å². The number of hydrogen-bond acceptors (Lipinski definition) is 2. The van der Waals surface area contributed by atoms with Crippen LogP contribution in [-0.4, -0.2) is 14.6 Å². The van der Waals surface area contributed by atoms with Gasteiger partial charge in [0.25, 0.3) is 10.0 Å². The lowest BCUT2D eigenvalue weighted by molar-refractivity contribution is 0.598. The molecule has 0 aliphatic rings. The second-order valence-corrected chi connectivity index (χ2v) is 5.79. The maximum absolute atomic E-state index is 12.9. The monoisotopic (exact) mass is 297 g/mol. The van der Waals surface area contributed by atoms with E-state index in [1.807, 2.05) is 0 Å². The molecule has 0 aliphatic heterocycles. The third kappa shape index (κ3) is 3.62. The van der Waals surface area contributed by atoms with Gasteiger partial charge in [-0.3, -0.25) is 0 Å². The second-order valence-electron chi connectivity index (χ2n) is 3.72. The zero-order valence-corrected chi connectivity index (χ0v) is 11.2. The number of halogens is 2. The molecule has 0 saturated carbocycles. The summed E-state index contributed by atoms with van der Waals surface area (Å²) in [7, 11) is -3.80. The van der Waals surface area contributed by atoms with E-state index in [9.17, 15) is 12.8 Å². The van der Waals surface area contributed by atoms with Crippen molar-refractivity contribution in [3.05, 3.63) is 64.9 Å². The van der Waals surface area contributed by atoms with Crippen LogP contribution < -0.4 is 0 Å². The predicted octanol–water partition coefficient (Wildman–Crippen LogP) is 3.29. The van der Waals surface area contributed by atoms with E-state index in [1.54, 1.807) is 6.07 Å². The molecule has 6 heteroatoms. The number of rotatable bonds is 3. The molecule has 2 aromatic carbocycles. The SMILES string of the molecule is O=S(=O)(/N=C/c1cccc(F)c1)c1ccc(Cl)cc1. The number of benzene rings is 2. The Hall–Kier alpha value is -1.72. The lowest BCUT2D eigenvalue weighted by Crippen LogP contribution is -1.97. The van der Waals surface area contributed by atoms with E-state index >= 15 is 0 Å². The quantitative estimate of drug-likeness (QED) is 0.816. The van der Waals surface area contributed by atoms with E-state index in [2.05, 4.69) is 4.40 Å². The van der Waals surface area contributed by atoms with Crippen molar-refractivity contribution in [2.24, 2.45) is 4.40 Å². The summed E-state index contributed by atoms with van der Waals surface area (Å²) in [6, 6.07) is 11.2. The highest BCUT2D eigenvalue weighted by molar-refractivity contribution is 7.90. The van der Waals surface area contributed by atoms with Crippen LogP contribution >= 0.6 is 11.6 Å². The van der Waals surface area contributed by atoms with E-state index in [1.165, 1.54) is 42.5 Å². The molecule has 0 aromatic heterocycles. The maximum Gasteiger partial charge on any atom is 0.282 e. The third-order valence-electron chi connectivity index (χ3n) is 2.30. The highest BCUT2D eigenvalue weighted by Gasteiger charge is 2.11. The Labute approximate surface area is 115 Å². The van der Waals surface area contributed by atoms with Crippen LogP contribution in [0.4, 0.5) is 4.39 Å². The first kappa shape index (κ1) is 13.7. The summed E-state index contributed by atoms with van der Waals surface area (Å²) in [4.78, 5) is 0.0320. The van der Waals surface area contributed by atoms with Gasteiger partial charge in [0.2, 0.25) is 0 Å². The van der Waals surface area contributed by atoms with Crippen molar-refractivity contribution in [2.45, 2.75) is 4.90 Å². The Kier molecular flexibility index (Phi) is 3.97. The minimum Gasteiger partial charge on any atom is -0.207 e. The maximum atomic E-state index is 12.9. The molecule has 0 atom stereocenters. The molecule has 0 bridgehead atoms. The predicted molar refractivity (Wildman–Crippen MR) is 72.6 cm³/mol. The first-order valence-corrected chi connectivity index (χ1v) is 7.11. The van der Waals surface area contributed by atoms with Gasteiger partial charge < -0.3 is 0 Å². The van der Waals surface area contributed by atoms with E-state index in [0.717, 1.165) is 6.21 Å². The molecule has 2 rings (SSSR count). The first-order valence-electron chi connectivity index (χ1n) is 5.29. The standard InChI is InChI=1S/C13H9ClFNO2S/c14-11-4-6-13(7-5-11)19(17,18)16-9-10-2-1-3-12(15)8-10/h1-9H/b16-9+. The summed E-state index contributed by atoms with van der Waals surface area (Å²) < 4.78 is 40.2. The lowest BCUT2D eigenvalue weighted by Gasteiger charge is -1.98. The fourth-order valence-electron chi connectivity index (χ4n) is 1.38. The normalized spacial score (nSPS) is 11.9. The fourth-order valence-corrected chi connectivity index (χ4v) is 2.37. The zero-order chi connectivity index (χ0) is 13.9. The van der Waals surface area contributed by atoms with Crippen LogP contribution in [0.3, 0.4) is 0 Å². The molecule has 3 nitrogen and oxygen atoms in total. The summed E-state index contributed by atoms with van der Waals surface area (Å²) in [5, 5.41) is 0.438. The molecule has 0 saturated heterocycles. The van der Waals surface area contributed by atoms with Gasteiger partial charge in [0.05, 0.1) is 4.90 Å². The van der Waals surface area contributed by atoms with Crippen LogP contribution in [0.1, 0.15) is 5.56 Å². The molecule has 0 amide bonds. The summed E-state index contributed by atoms with van der Waals surface area (Å²) in [6.07, 6.45) is 1.10. The van der Waals surface area contributed by atoms with Crippen molar-refractivity contribution >= 4 is 27.8 Å². The Morgan fingerprint density at radius 2 is 1.79 bits per heavy atom. The van der Waals surface area contributed by atoms with Crippen molar-refractivity contribution < 1.29 is 12.8 Å². The second kappa shape index (κ2) is 5.50. The van der Waals surface area contributed by atoms with Gasteiger partial charge in [0.15, 0.2) is 0 Å². The molecule has 0 spiro atoms. The Balaban J connectivity index is 2.29. The Bertz CT molecular complexity index is 712. The highest BCUT2D eigenvalue weighted by Crippen LogP contribution is 2.16. The third-order valence-corrected chi connectivity index (χ3v) is 3.80. The highest BCUT2D eigenvalue weighted by atomic mass is 35.5. The van der Waals surface area contributed by atoms with Gasteiger partial charge in [-0.25, -0.2) is 4.39 Å². The molecule has 0 heterocycles. The number of sulfonamides is 1. The van der Waals surface area contributed by atoms with E-state index in [-0.39, 0.29) is 4.90 Å². The van der Waals surface area contributed by atoms with Crippen LogP contribution in [-0.2, 0) is 10.0 Å². The molecular formula is C13H9ClFNO2S. The minimum absolute atomic E-state index is 0.0320. The molecule has 0 aliphatic carbocycles. The minimum atomic E-state index is -3.80. The number of nitrogens with zero attached hydrogens (tertiary/aromatic N) is 1. The topological polar surface area (TPSA) is 46.5 Å². The Morgan fingerprint density at radius 1 is 1.11 bits per heavy atom. The van der Waals surface area contributed by atoms with Crippen molar-refractivity contribution in [3.8, 4) is 0 Å². The van der Waals surface area contributed by atoms with E-state index < -0.39 is 15.8 Å². The zero-order valence-electron chi connectivity index (χ0n) is 9.62. The van der Waals surface area contributed by atoms with Crippen LogP contribution in [0.25, 0.3) is 0 Å². The molecule has 19 heavy (non-hydrogen) atoms. The van der Waals surface area contributed by atoms with Gasteiger partial charge >= 0.3 is 0 Å². The average Bonchev–Trinajstić information content (AvgIpc) is 2.37. The summed E-state index contributed by atoms with van der Waals surface area (Å²) in [5.74, 6) is -0.451. The van der Waals surface area contributed by atoms with Crippen molar-refractivity contribution in [2.75, 3.05) is 0 Å². The van der Waals surface area contributed by atoms with Crippen molar-refractivity contribution in [1.29, 1.82) is 0 Å². The summed E-state index contributed by atoms with van der Waals surface area (Å²) in [5.41, 5.74) is 0.373. The van der Waals surface area contributed by atoms with Gasteiger partial charge in [-0.1, -0.05) is 23.7 Å². The smallest absolute Gasteiger partial charge is 0.207 e. The van der Waals surface area contributed by atoms with Crippen LogP contribution in [0.2, 0.25) is 5.02 Å². The van der Waals surface area contributed by atoms with Crippen molar-refractivity contribution in [1.82, 2.24) is 0 Å². The molecule has 0 fully saturated rings. The number of hydrogen-bond donors (Lipinski definition) is 0.